The molecule has 0 bridgehead atoms. The smallest absolute Gasteiger partial charge is 0.271 e. The molecule has 2 heterocycles. The van der Waals surface area contributed by atoms with Crippen LogP contribution in [0, 0.1) is 0 Å². The van der Waals surface area contributed by atoms with Gasteiger partial charge in [0, 0.05) is 24.0 Å². The van der Waals surface area contributed by atoms with E-state index in [1.54, 1.807) is 5.38 Å². The van der Waals surface area contributed by atoms with Crippen LogP contribution in [0.4, 0.5) is 0 Å². The van der Waals surface area contributed by atoms with Crippen LogP contribution in [0.2, 0.25) is 0 Å². The Bertz CT molecular complexity index is 722. The average Bonchev–Trinajstić information content (AvgIpc) is 3.12. The molecule has 126 valence electrons. The molecule has 2 aromatic rings. The number of nitrogens with zero attached hydrogens (tertiary/aromatic N) is 1. The summed E-state index contributed by atoms with van der Waals surface area (Å²) in [5.74, 6) is 0.717. The molecule has 24 heavy (non-hydrogen) atoms. The molecule has 0 unspecified atom stereocenters. The van der Waals surface area contributed by atoms with Crippen molar-refractivity contribution >= 4 is 17.2 Å². The van der Waals surface area contributed by atoms with Crippen molar-refractivity contribution in [2.45, 2.75) is 13.3 Å². The van der Waals surface area contributed by atoms with E-state index in [0.29, 0.717) is 18.8 Å². The first-order valence-electron chi connectivity index (χ1n) is 8.12. The molecule has 0 fully saturated rings. The number of nitrogens with one attached hydrogen (secondary N) is 2. The number of aromatic nitrogens is 1. The Morgan fingerprint density at radius 1 is 1.38 bits per heavy atom. The van der Waals surface area contributed by atoms with Crippen LogP contribution in [0.15, 0.2) is 41.3 Å². The summed E-state index contributed by atoms with van der Waals surface area (Å²) in [5, 5.41) is 8.85. The van der Waals surface area contributed by atoms with Gasteiger partial charge < -0.3 is 15.4 Å². The number of thiazole rings is 1. The summed E-state index contributed by atoms with van der Waals surface area (Å²) in [6.45, 7) is 5.05. The zero-order valence-electron chi connectivity index (χ0n) is 13.7. The van der Waals surface area contributed by atoms with Crippen LogP contribution >= 0.6 is 11.3 Å². The Morgan fingerprint density at radius 2 is 2.21 bits per heavy atom. The van der Waals surface area contributed by atoms with Gasteiger partial charge in [0.1, 0.15) is 16.5 Å². The largest absolute Gasteiger partial charge is 0.494 e. The van der Waals surface area contributed by atoms with Crippen molar-refractivity contribution in [2.75, 3.05) is 26.2 Å². The first-order valence-corrected chi connectivity index (χ1v) is 9.00. The van der Waals surface area contributed by atoms with Crippen molar-refractivity contribution < 1.29 is 9.53 Å². The number of amides is 1. The van der Waals surface area contributed by atoms with Crippen molar-refractivity contribution in [3.05, 3.63) is 47.0 Å². The van der Waals surface area contributed by atoms with Crippen molar-refractivity contribution in [1.82, 2.24) is 15.6 Å². The lowest BCUT2D eigenvalue weighted by Crippen LogP contribution is -2.29. The van der Waals surface area contributed by atoms with E-state index in [-0.39, 0.29) is 5.91 Å². The van der Waals surface area contributed by atoms with E-state index in [9.17, 15) is 4.79 Å². The number of hydrogen-bond donors (Lipinski definition) is 2. The van der Waals surface area contributed by atoms with E-state index in [0.717, 1.165) is 35.8 Å². The van der Waals surface area contributed by atoms with E-state index >= 15 is 0 Å². The molecule has 2 N–H and O–H groups in total. The molecule has 1 aliphatic rings. The van der Waals surface area contributed by atoms with Gasteiger partial charge in [-0.05, 0) is 44.2 Å². The first-order chi connectivity index (χ1) is 11.8. The standard InChI is InChI=1S/C18H21N3O2S/c1-2-23-15-5-3-14(4-6-15)18-21-16(12-24-18)17(22)20-11-13-7-9-19-10-8-13/h3-7,12,19H,2,8-11H2,1H3,(H,20,22). The third-order valence-electron chi connectivity index (χ3n) is 3.78. The normalized spacial score (nSPS) is 14.1. The molecule has 0 saturated heterocycles. The molecule has 1 aromatic heterocycles. The maximum absolute atomic E-state index is 12.2. The van der Waals surface area contributed by atoms with E-state index in [2.05, 4.69) is 21.7 Å². The van der Waals surface area contributed by atoms with E-state index in [4.69, 9.17) is 4.74 Å². The minimum absolute atomic E-state index is 0.122. The SMILES string of the molecule is CCOc1ccc(-c2nc(C(=O)NCC3=CCNCC3)cs2)cc1. The summed E-state index contributed by atoms with van der Waals surface area (Å²) in [6.07, 6.45) is 3.12. The summed E-state index contributed by atoms with van der Waals surface area (Å²) < 4.78 is 5.44. The molecule has 0 radical (unpaired) electrons. The molecule has 5 nitrogen and oxygen atoms in total. The van der Waals surface area contributed by atoms with E-state index in [1.807, 2.05) is 31.2 Å². The predicted octanol–water partition coefficient (Wildman–Crippen LogP) is 2.86. The van der Waals surface area contributed by atoms with Gasteiger partial charge in [0.05, 0.1) is 6.61 Å². The molecular weight excluding hydrogens is 322 g/mol. The van der Waals surface area contributed by atoms with Gasteiger partial charge in [-0.1, -0.05) is 11.6 Å². The lowest BCUT2D eigenvalue weighted by atomic mass is 10.1. The van der Waals surface area contributed by atoms with Crippen LogP contribution in [0.1, 0.15) is 23.8 Å². The van der Waals surface area contributed by atoms with Crippen LogP contribution in [0.5, 0.6) is 5.75 Å². The number of ether oxygens (including phenoxy) is 1. The highest BCUT2D eigenvalue weighted by Gasteiger charge is 2.12. The maximum atomic E-state index is 12.2. The van der Waals surface area contributed by atoms with Crippen LogP contribution in [-0.4, -0.2) is 37.1 Å². The van der Waals surface area contributed by atoms with Gasteiger partial charge in [0.2, 0.25) is 0 Å². The summed E-state index contributed by atoms with van der Waals surface area (Å²) in [4.78, 5) is 16.7. The Kier molecular flexibility index (Phi) is 5.61. The van der Waals surface area contributed by atoms with Crippen LogP contribution in [-0.2, 0) is 0 Å². The Balaban J connectivity index is 1.61. The van der Waals surface area contributed by atoms with Gasteiger partial charge >= 0.3 is 0 Å². The average molecular weight is 343 g/mol. The third kappa shape index (κ3) is 4.21. The van der Waals surface area contributed by atoms with Gasteiger partial charge in [-0.15, -0.1) is 11.3 Å². The first kappa shape index (κ1) is 16.7. The fraction of sp³-hybridized carbons (Fsp3) is 0.333. The van der Waals surface area contributed by atoms with Crippen LogP contribution in [0.3, 0.4) is 0 Å². The second-order valence-corrected chi connectivity index (χ2v) is 6.35. The molecule has 0 aliphatic carbocycles. The Hall–Kier alpha value is -2.18. The van der Waals surface area contributed by atoms with E-state index in [1.165, 1.54) is 16.9 Å². The van der Waals surface area contributed by atoms with Crippen molar-refractivity contribution in [2.24, 2.45) is 0 Å². The summed E-state index contributed by atoms with van der Waals surface area (Å²) >= 11 is 1.47. The lowest BCUT2D eigenvalue weighted by Gasteiger charge is -2.14. The molecule has 6 heteroatoms. The number of benzene rings is 1. The van der Waals surface area contributed by atoms with Crippen molar-refractivity contribution in [3.63, 3.8) is 0 Å². The fourth-order valence-corrected chi connectivity index (χ4v) is 3.29. The second kappa shape index (κ2) is 8.08. The summed E-state index contributed by atoms with van der Waals surface area (Å²) in [7, 11) is 0. The van der Waals surface area contributed by atoms with Gasteiger partial charge in [0.25, 0.3) is 5.91 Å². The summed E-state index contributed by atoms with van der Waals surface area (Å²) in [5.41, 5.74) is 2.73. The van der Waals surface area contributed by atoms with Gasteiger partial charge in [-0.3, -0.25) is 4.79 Å². The third-order valence-corrected chi connectivity index (χ3v) is 4.67. The minimum atomic E-state index is -0.122. The topological polar surface area (TPSA) is 63.2 Å². The monoisotopic (exact) mass is 343 g/mol. The van der Waals surface area contributed by atoms with E-state index < -0.39 is 0 Å². The van der Waals surface area contributed by atoms with Crippen molar-refractivity contribution in [3.8, 4) is 16.3 Å². The molecule has 3 rings (SSSR count). The Morgan fingerprint density at radius 3 is 2.92 bits per heavy atom. The molecule has 1 aliphatic heterocycles. The van der Waals surface area contributed by atoms with Gasteiger partial charge in [0.15, 0.2) is 0 Å². The molecule has 1 aromatic carbocycles. The second-order valence-electron chi connectivity index (χ2n) is 5.49. The molecule has 0 spiro atoms. The zero-order valence-corrected chi connectivity index (χ0v) is 14.5. The van der Waals surface area contributed by atoms with Gasteiger partial charge in [-0.2, -0.15) is 0 Å². The fourth-order valence-electron chi connectivity index (χ4n) is 2.49. The highest BCUT2D eigenvalue weighted by Crippen LogP contribution is 2.25. The van der Waals surface area contributed by atoms with Gasteiger partial charge in [-0.25, -0.2) is 4.98 Å². The van der Waals surface area contributed by atoms with Crippen LogP contribution in [0.25, 0.3) is 10.6 Å². The number of carbonyl (C=O) groups excluding carboxylic acids is 1. The number of carbonyl (C=O) groups is 1. The lowest BCUT2D eigenvalue weighted by molar-refractivity contribution is 0.0952. The highest BCUT2D eigenvalue weighted by molar-refractivity contribution is 7.13. The van der Waals surface area contributed by atoms with Crippen LogP contribution < -0.4 is 15.4 Å². The van der Waals surface area contributed by atoms with Crippen molar-refractivity contribution in [1.29, 1.82) is 0 Å². The molecule has 0 atom stereocenters. The maximum Gasteiger partial charge on any atom is 0.271 e. The molecule has 1 amide bonds. The summed E-state index contributed by atoms with van der Waals surface area (Å²) in [6, 6.07) is 7.77. The predicted molar refractivity (Wildman–Crippen MR) is 96.6 cm³/mol. The minimum Gasteiger partial charge on any atom is -0.494 e. The highest BCUT2D eigenvalue weighted by atomic mass is 32.1. The molecular formula is C18H21N3O2S. The molecule has 0 saturated carbocycles. The quantitative estimate of drug-likeness (QED) is 0.792. The number of hydrogen-bond acceptors (Lipinski definition) is 5. The Labute approximate surface area is 145 Å². The zero-order chi connectivity index (χ0) is 16.8. The number of rotatable bonds is 6.